The number of rotatable bonds is 8. The fraction of sp³-hybridized carbons (Fsp3) is 0.231. The maximum Gasteiger partial charge on any atom is 0.262 e. The van der Waals surface area contributed by atoms with Crippen molar-refractivity contribution in [2.75, 3.05) is 21.3 Å². The summed E-state index contributed by atoms with van der Waals surface area (Å²) >= 11 is 0. The SMILES string of the molecule is COc1ccc(-n2c(C)cc(/C=C(/C#N)C(=O)NCc3ccc(OC)c(OC)c3)c2C)cc1. The summed E-state index contributed by atoms with van der Waals surface area (Å²) in [5.41, 5.74) is 4.56. The Kier molecular flexibility index (Phi) is 7.42. The molecule has 33 heavy (non-hydrogen) atoms. The van der Waals surface area contributed by atoms with E-state index in [4.69, 9.17) is 14.2 Å². The van der Waals surface area contributed by atoms with E-state index < -0.39 is 5.91 Å². The van der Waals surface area contributed by atoms with Crippen molar-refractivity contribution < 1.29 is 19.0 Å². The van der Waals surface area contributed by atoms with Crippen molar-refractivity contribution in [1.82, 2.24) is 9.88 Å². The highest BCUT2D eigenvalue weighted by Crippen LogP contribution is 2.28. The van der Waals surface area contributed by atoms with Crippen LogP contribution in [0.3, 0.4) is 0 Å². The van der Waals surface area contributed by atoms with Crippen LogP contribution in [0, 0.1) is 25.2 Å². The van der Waals surface area contributed by atoms with Gasteiger partial charge in [0, 0.05) is 23.6 Å². The third-order valence-corrected chi connectivity index (χ3v) is 5.37. The molecule has 3 rings (SSSR count). The van der Waals surface area contributed by atoms with E-state index in [1.807, 2.05) is 56.3 Å². The summed E-state index contributed by atoms with van der Waals surface area (Å²) in [6.45, 7) is 4.19. The minimum absolute atomic E-state index is 0.0328. The van der Waals surface area contributed by atoms with Gasteiger partial charge in [0.25, 0.3) is 5.91 Å². The molecule has 7 heteroatoms. The second-order valence-electron chi connectivity index (χ2n) is 7.40. The normalized spacial score (nSPS) is 11.0. The van der Waals surface area contributed by atoms with Crippen molar-refractivity contribution in [1.29, 1.82) is 5.26 Å². The van der Waals surface area contributed by atoms with Crippen molar-refractivity contribution in [3.05, 3.63) is 76.6 Å². The van der Waals surface area contributed by atoms with Crippen molar-refractivity contribution in [2.24, 2.45) is 0 Å². The molecule has 0 saturated carbocycles. The molecule has 0 bridgehead atoms. The average molecular weight is 446 g/mol. The maximum absolute atomic E-state index is 12.7. The van der Waals surface area contributed by atoms with Crippen LogP contribution in [0.2, 0.25) is 0 Å². The van der Waals surface area contributed by atoms with Gasteiger partial charge in [-0.05, 0) is 73.5 Å². The monoisotopic (exact) mass is 445 g/mol. The number of aromatic nitrogens is 1. The molecule has 0 aliphatic rings. The van der Waals surface area contributed by atoms with Gasteiger partial charge in [-0.3, -0.25) is 4.79 Å². The zero-order chi connectivity index (χ0) is 24.0. The van der Waals surface area contributed by atoms with Crippen molar-refractivity contribution in [3.8, 4) is 29.0 Å². The van der Waals surface area contributed by atoms with Gasteiger partial charge in [-0.1, -0.05) is 6.07 Å². The molecule has 0 fully saturated rings. The lowest BCUT2D eigenvalue weighted by Gasteiger charge is -2.11. The number of ether oxygens (including phenoxy) is 3. The van der Waals surface area contributed by atoms with Gasteiger partial charge in [-0.25, -0.2) is 0 Å². The largest absolute Gasteiger partial charge is 0.497 e. The van der Waals surface area contributed by atoms with Gasteiger partial charge in [0.1, 0.15) is 17.4 Å². The highest BCUT2D eigenvalue weighted by molar-refractivity contribution is 6.01. The first-order valence-electron chi connectivity index (χ1n) is 10.4. The van der Waals surface area contributed by atoms with Gasteiger partial charge in [0.05, 0.1) is 21.3 Å². The second-order valence-corrected chi connectivity index (χ2v) is 7.40. The molecule has 0 spiro atoms. The van der Waals surface area contributed by atoms with Crippen LogP contribution in [-0.4, -0.2) is 31.8 Å². The van der Waals surface area contributed by atoms with Crippen LogP contribution in [0.15, 0.2) is 54.1 Å². The van der Waals surface area contributed by atoms with Gasteiger partial charge in [0.2, 0.25) is 0 Å². The molecule has 1 heterocycles. The summed E-state index contributed by atoms with van der Waals surface area (Å²) in [6.07, 6.45) is 1.62. The van der Waals surface area contributed by atoms with E-state index in [0.717, 1.165) is 34.0 Å². The van der Waals surface area contributed by atoms with Gasteiger partial charge in [-0.15, -0.1) is 0 Å². The van der Waals surface area contributed by atoms with E-state index in [-0.39, 0.29) is 12.1 Å². The average Bonchev–Trinajstić information content (AvgIpc) is 3.13. The summed E-state index contributed by atoms with van der Waals surface area (Å²) in [5, 5.41) is 12.4. The molecule has 7 nitrogen and oxygen atoms in total. The quantitative estimate of drug-likeness (QED) is 0.412. The summed E-state index contributed by atoms with van der Waals surface area (Å²) in [4.78, 5) is 12.7. The Morgan fingerprint density at radius 1 is 1.00 bits per heavy atom. The molecule has 2 aromatic carbocycles. The first-order chi connectivity index (χ1) is 15.9. The van der Waals surface area contributed by atoms with Crippen LogP contribution in [0.25, 0.3) is 11.8 Å². The molecular formula is C26H27N3O4. The number of nitrogens with one attached hydrogen (secondary N) is 1. The van der Waals surface area contributed by atoms with E-state index in [1.165, 1.54) is 0 Å². The molecule has 170 valence electrons. The highest BCUT2D eigenvalue weighted by atomic mass is 16.5. The highest BCUT2D eigenvalue weighted by Gasteiger charge is 2.14. The minimum atomic E-state index is -0.443. The van der Waals surface area contributed by atoms with Crippen LogP contribution < -0.4 is 19.5 Å². The molecule has 0 aliphatic heterocycles. The fourth-order valence-corrected chi connectivity index (χ4v) is 3.63. The first-order valence-corrected chi connectivity index (χ1v) is 10.4. The van der Waals surface area contributed by atoms with Gasteiger partial charge in [-0.2, -0.15) is 5.26 Å². The van der Waals surface area contributed by atoms with E-state index in [1.54, 1.807) is 39.5 Å². The number of amides is 1. The Labute approximate surface area is 193 Å². The number of benzene rings is 2. The lowest BCUT2D eigenvalue weighted by Crippen LogP contribution is -2.24. The maximum atomic E-state index is 12.7. The third kappa shape index (κ3) is 5.18. The molecule has 0 radical (unpaired) electrons. The molecule has 3 aromatic rings. The summed E-state index contributed by atoms with van der Waals surface area (Å²) < 4.78 is 17.8. The zero-order valence-electron chi connectivity index (χ0n) is 19.4. The number of aryl methyl sites for hydroxylation is 1. The summed E-state index contributed by atoms with van der Waals surface area (Å²) in [5.74, 6) is 1.52. The van der Waals surface area contributed by atoms with E-state index in [9.17, 15) is 10.1 Å². The van der Waals surface area contributed by atoms with Crippen LogP contribution >= 0.6 is 0 Å². The van der Waals surface area contributed by atoms with E-state index in [0.29, 0.717) is 11.5 Å². The van der Waals surface area contributed by atoms with Crippen molar-refractivity contribution in [3.63, 3.8) is 0 Å². The predicted octanol–water partition coefficient (Wildman–Crippen LogP) is 4.34. The molecule has 0 unspecified atom stereocenters. The lowest BCUT2D eigenvalue weighted by atomic mass is 10.1. The fourth-order valence-electron chi connectivity index (χ4n) is 3.63. The Bertz CT molecular complexity index is 1220. The van der Waals surface area contributed by atoms with Crippen molar-refractivity contribution in [2.45, 2.75) is 20.4 Å². The van der Waals surface area contributed by atoms with Gasteiger partial charge < -0.3 is 24.1 Å². The topological polar surface area (TPSA) is 85.5 Å². The minimum Gasteiger partial charge on any atom is -0.497 e. The third-order valence-electron chi connectivity index (χ3n) is 5.37. The predicted molar refractivity (Wildman–Crippen MR) is 127 cm³/mol. The van der Waals surface area contributed by atoms with Crippen LogP contribution in [0.5, 0.6) is 17.2 Å². The summed E-state index contributed by atoms with van der Waals surface area (Å²) in [6, 6.07) is 17.1. The molecule has 0 atom stereocenters. The molecule has 1 aromatic heterocycles. The number of nitriles is 1. The number of carbonyl (C=O) groups excluding carboxylic acids is 1. The molecule has 0 aliphatic carbocycles. The number of hydrogen-bond donors (Lipinski definition) is 1. The molecular weight excluding hydrogens is 418 g/mol. The first kappa shape index (κ1) is 23.5. The number of hydrogen-bond acceptors (Lipinski definition) is 5. The second kappa shape index (κ2) is 10.4. The smallest absolute Gasteiger partial charge is 0.262 e. The van der Waals surface area contributed by atoms with Gasteiger partial charge >= 0.3 is 0 Å². The Balaban J connectivity index is 1.80. The Hall–Kier alpha value is -4.18. The van der Waals surface area contributed by atoms with Gasteiger partial charge in [0.15, 0.2) is 11.5 Å². The van der Waals surface area contributed by atoms with Crippen LogP contribution in [0.4, 0.5) is 0 Å². The van der Waals surface area contributed by atoms with Crippen molar-refractivity contribution >= 4 is 12.0 Å². The van der Waals surface area contributed by atoms with Crippen LogP contribution in [-0.2, 0) is 11.3 Å². The van der Waals surface area contributed by atoms with Crippen LogP contribution in [0.1, 0.15) is 22.5 Å². The number of carbonyl (C=O) groups is 1. The molecule has 0 saturated heterocycles. The summed E-state index contributed by atoms with van der Waals surface area (Å²) in [7, 11) is 4.75. The lowest BCUT2D eigenvalue weighted by molar-refractivity contribution is -0.117. The standard InChI is InChI=1S/C26H27N3O4/c1-17-12-20(18(2)29(17)22-7-9-23(31-3)10-8-22)14-21(15-27)26(30)28-16-19-6-11-24(32-4)25(13-19)33-5/h6-14H,16H2,1-5H3,(H,28,30)/b21-14-. The zero-order valence-corrected chi connectivity index (χ0v) is 19.4. The Morgan fingerprint density at radius 2 is 1.70 bits per heavy atom. The van der Waals surface area contributed by atoms with E-state index >= 15 is 0 Å². The number of methoxy groups -OCH3 is 3. The molecule has 1 amide bonds. The molecule has 1 N–H and O–H groups in total. The van der Waals surface area contributed by atoms with E-state index in [2.05, 4.69) is 9.88 Å². The number of nitrogens with zero attached hydrogens (tertiary/aromatic N) is 2. The Morgan fingerprint density at radius 3 is 2.30 bits per heavy atom.